The van der Waals surface area contributed by atoms with Crippen LogP contribution in [0.3, 0.4) is 0 Å². The van der Waals surface area contributed by atoms with E-state index in [0.717, 1.165) is 0 Å². The van der Waals surface area contributed by atoms with Gasteiger partial charge in [-0.3, -0.25) is 0 Å². The molecule has 0 saturated heterocycles. The predicted molar refractivity (Wildman–Crippen MR) is 21.2 cm³/mol. The van der Waals surface area contributed by atoms with Crippen LogP contribution in [0.5, 0.6) is 0 Å². The molecule has 0 rings (SSSR count). The molecule has 0 atom stereocenters. The van der Waals surface area contributed by atoms with Crippen molar-refractivity contribution in [1.29, 1.82) is 0 Å². The van der Waals surface area contributed by atoms with E-state index >= 15 is 0 Å². The first-order valence-corrected chi connectivity index (χ1v) is 1.84. The Balaban J connectivity index is -0.0000000300. The summed E-state index contributed by atoms with van der Waals surface area (Å²) in [6, 6.07) is 0. The molecule has 0 aromatic rings. The first kappa shape index (κ1) is 22.9. The Hall–Kier alpha value is 2.46. The Morgan fingerprint density at radius 2 is 1.60 bits per heavy atom. The Bertz CT molecular complexity index is 56.5. The van der Waals surface area contributed by atoms with E-state index in [0.29, 0.717) is 6.61 Å². The van der Waals surface area contributed by atoms with Crippen LogP contribution in [0.25, 0.3) is 0 Å². The summed E-state index contributed by atoms with van der Waals surface area (Å²) in [4.78, 5) is 12.4. The molecule has 0 aliphatic heterocycles. The van der Waals surface area contributed by atoms with Gasteiger partial charge in [-0.25, -0.2) is 5.90 Å². The minimum absolute atomic E-state index is 0. The number of hydrogen-bond donors (Lipinski definition) is 1. The maximum Gasteiger partial charge on any atom is 1.00 e. The van der Waals surface area contributed by atoms with E-state index in [-0.39, 0.29) is 103 Å². The van der Waals surface area contributed by atoms with Crippen molar-refractivity contribution in [3.63, 3.8) is 0 Å². The molecule has 0 spiro atoms. The second-order valence-electron chi connectivity index (χ2n) is 0.705. The topological polar surface area (TPSA) is 98.4 Å². The SMILES string of the molecule is CCON.O=C([O-])[O-].[K+].[K+]. The van der Waals surface area contributed by atoms with Gasteiger partial charge in [-0.05, 0) is 13.1 Å². The average molecular weight is 199 g/mol. The molecule has 0 radical (unpaired) electrons. The second kappa shape index (κ2) is 22.5. The van der Waals surface area contributed by atoms with Crippen molar-refractivity contribution in [3.05, 3.63) is 0 Å². The van der Waals surface area contributed by atoms with Gasteiger partial charge >= 0.3 is 103 Å². The van der Waals surface area contributed by atoms with Gasteiger partial charge in [0.15, 0.2) is 0 Å². The number of carbonyl (C=O) groups excluding carboxylic acids is 1. The van der Waals surface area contributed by atoms with E-state index in [9.17, 15) is 0 Å². The third-order valence-electron chi connectivity index (χ3n) is 0.167. The molecule has 0 aliphatic carbocycles. The molecule has 2 N–H and O–H groups in total. The van der Waals surface area contributed by atoms with Crippen LogP contribution in [-0.4, -0.2) is 12.8 Å². The van der Waals surface area contributed by atoms with Gasteiger partial charge in [0.05, 0.1) is 6.61 Å². The fraction of sp³-hybridized carbons (Fsp3) is 0.667. The molecule has 0 heterocycles. The largest absolute Gasteiger partial charge is 1.00 e. The van der Waals surface area contributed by atoms with Crippen LogP contribution in [0.1, 0.15) is 6.92 Å². The molecule has 7 heteroatoms. The molecular formula is C3H7K2NO4. The van der Waals surface area contributed by atoms with Crippen molar-refractivity contribution in [1.82, 2.24) is 0 Å². The predicted octanol–water partition coefficient (Wildman–Crippen LogP) is -8.54. The molecule has 0 fully saturated rings. The summed E-state index contributed by atoms with van der Waals surface area (Å²) in [6.45, 7) is 2.43. The summed E-state index contributed by atoms with van der Waals surface area (Å²) in [5, 5.41) is 16.7. The summed E-state index contributed by atoms with van der Waals surface area (Å²) in [6.07, 6.45) is -2.33. The summed E-state index contributed by atoms with van der Waals surface area (Å²) in [7, 11) is 0. The summed E-state index contributed by atoms with van der Waals surface area (Å²) >= 11 is 0. The van der Waals surface area contributed by atoms with Crippen LogP contribution >= 0.6 is 0 Å². The molecule has 10 heavy (non-hydrogen) atoms. The zero-order chi connectivity index (χ0) is 6.99. The number of carbonyl (C=O) groups is 1. The van der Waals surface area contributed by atoms with Crippen LogP contribution < -0.4 is 119 Å². The van der Waals surface area contributed by atoms with Gasteiger partial charge < -0.3 is 19.8 Å². The quantitative estimate of drug-likeness (QED) is 0.334. The molecular weight excluding hydrogens is 192 g/mol. The van der Waals surface area contributed by atoms with Crippen molar-refractivity contribution in [2.24, 2.45) is 5.90 Å². The van der Waals surface area contributed by atoms with Crippen molar-refractivity contribution >= 4 is 6.16 Å². The van der Waals surface area contributed by atoms with Crippen LogP contribution in [0.15, 0.2) is 0 Å². The van der Waals surface area contributed by atoms with E-state index in [2.05, 4.69) is 10.7 Å². The first-order valence-electron chi connectivity index (χ1n) is 1.84. The molecule has 0 bridgehead atoms. The zero-order valence-corrected chi connectivity index (χ0v) is 12.7. The van der Waals surface area contributed by atoms with Crippen molar-refractivity contribution < 1.29 is 123 Å². The van der Waals surface area contributed by atoms with E-state index in [1.165, 1.54) is 0 Å². The molecule has 0 amide bonds. The van der Waals surface area contributed by atoms with Crippen LogP contribution in [0.2, 0.25) is 0 Å². The van der Waals surface area contributed by atoms with Gasteiger partial charge in [0.1, 0.15) is 0 Å². The molecule has 0 aromatic heterocycles. The van der Waals surface area contributed by atoms with Crippen LogP contribution in [-0.2, 0) is 4.84 Å². The van der Waals surface area contributed by atoms with Gasteiger partial charge in [0, 0.05) is 0 Å². The van der Waals surface area contributed by atoms with Crippen LogP contribution in [0, 0.1) is 0 Å². The van der Waals surface area contributed by atoms with E-state index in [1.54, 1.807) is 0 Å². The average Bonchev–Trinajstić information content (AvgIpc) is 1.65. The minimum atomic E-state index is -2.33. The Kier molecular flexibility index (Phi) is 51.5. The van der Waals surface area contributed by atoms with Gasteiger partial charge in [0.25, 0.3) is 0 Å². The molecule has 0 aromatic carbocycles. The molecule has 0 aliphatic rings. The number of carboxylic acid groups (broad SMARTS) is 2. The van der Waals surface area contributed by atoms with Crippen molar-refractivity contribution in [2.75, 3.05) is 6.61 Å². The maximum absolute atomic E-state index is 8.33. The van der Waals surface area contributed by atoms with Gasteiger partial charge in [-0.2, -0.15) is 0 Å². The van der Waals surface area contributed by atoms with Crippen LogP contribution in [0.4, 0.5) is 4.79 Å². The molecule has 0 unspecified atom stereocenters. The number of hydrogen-bond acceptors (Lipinski definition) is 5. The third-order valence-corrected chi connectivity index (χ3v) is 0.167. The summed E-state index contributed by atoms with van der Waals surface area (Å²) < 4.78 is 0. The van der Waals surface area contributed by atoms with E-state index < -0.39 is 6.16 Å². The Morgan fingerprint density at radius 3 is 1.60 bits per heavy atom. The molecule has 5 nitrogen and oxygen atoms in total. The molecule has 50 valence electrons. The normalized spacial score (nSPS) is 5.40. The van der Waals surface area contributed by atoms with Crippen molar-refractivity contribution in [3.8, 4) is 0 Å². The fourth-order valence-corrected chi connectivity index (χ4v) is 0. The monoisotopic (exact) mass is 199 g/mol. The van der Waals surface area contributed by atoms with Gasteiger partial charge in [0.2, 0.25) is 0 Å². The number of nitrogens with two attached hydrogens (primary N) is 1. The molecule has 0 saturated carbocycles. The number of rotatable bonds is 1. The third kappa shape index (κ3) is 78.1. The fourth-order valence-electron chi connectivity index (χ4n) is 0. The summed E-state index contributed by atoms with van der Waals surface area (Å²) in [5.41, 5.74) is 0. The minimum Gasteiger partial charge on any atom is -0.652 e. The standard InChI is InChI=1S/C2H7NO.CH2O3.2K/c1-2-4-3;2-1(3)4;;/h2-3H2,1H3;(H2,2,3,4);;/q;;2*+1/p-2. The first-order chi connectivity index (χ1) is 3.65. The Labute approximate surface area is 144 Å². The maximum atomic E-state index is 8.33. The van der Waals surface area contributed by atoms with E-state index in [4.69, 9.17) is 15.0 Å². The zero-order valence-electron chi connectivity index (χ0n) is 6.42. The van der Waals surface area contributed by atoms with Crippen molar-refractivity contribution in [2.45, 2.75) is 6.92 Å². The Morgan fingerprint density at radius 1 is 1.50 bits per heavy atom. The van der Waals surface area contributed by atoms with Gasteiger partial charge in [-0.1, -0.05) is 0 Å². The van der Waals surface area contributed by atoms with Gasteiger partial charge in [-0.15, -0.1) is 0 Å². The smallest absolute Gasteiger partial charge is 0.652 e. The second-order valence-corrected chi connectivity index (χ2v) is 0.705. The summed E-state index contributed by atoms with van der Waals surface area (Å²) in [5.74, 6) is 4.53. The van der Waals surface area contributed by atoms with E-state index in [1.807, 2.05) is 6.92 Å².